The Morgan fingerprint density at radius 1 is 0.700 bits per heavy atom. The maximum atomic E-state index is 12.1. The summed E-state index contributed by atoms with van der Waals surface area (Å²) in [7, 11) is -2.07. The Bertz CT molecular complexity index is 1340. The first kappa shape index (κ1) is 41.1. The summed E-state index contributed by atoms with van der Waals surface area (Å²) in [6.07, 6.45) is -3.28. The van der Waals surface area contributed by atoms with Crippen LogP contribution in [0.15, 0.2) is 67.8 Å². The molecule has 15 heteroatoms. The lowest BCUT2D eigenvalue weighted by atomic mass is 9.98. The zero-order valence-corrected chi connectivity index (χ0v) is 29.6. The summed E-state index contributed by atoms with van der Waals surface area (Å²) in [6.45, 7) is 13.2. The van der Waals surface area contributed by atoms with Crippen molar-refractivity contribution in [1.29, 1.82) is 0 Å². The average molecular weight is 723 g/mol. The van der Waals surface area contributed by atoms with E-state index < -0.39 is 57.2 Å². The Hall–Kier alpha value is -3.30. The smallest absolute Gasteiger partial charge is 0.335 e. The fraction of sp³-hybridized carbons (Fsp3) is 0.514. The zero-order chi connectivity index (χ0) is 36.1. The predicted molar refractivity (Wildman–Crippen MR) is 182 cm³/mol. The topological polar surface area (TPSA) is 153 Å². The molecule has 1 fully saturated rings. The van der Waals surface area contributed by atoms with Gasteiger partial charge < -0.3 is 46.9 Å². The van der Waals surface area contributed by atoms with E-state index in [0.29, 0.717) is 33.0 Å². The monoisotopic (exact) mass is 722 g/mol. The van der Waals surface area contributed by atoms with Crippen molar-refractivity contribution in [1.82, 2.24) is 0 Å². The lowest BCUT2D eigenvalue weighted by molar-refractivity contribution is -0.291. The van der Waals surface area contributed by atoms with Crippen molar-refractivity contribution in [2.75, 3.05) is 59.5 Å². The third kappa shape index (κ3) is 14.9. The van der Waals surface area contributed by atoms with Crippen molar-refractivity contribution in [2.45, 2.75) is 58.1 Å². The van der Waals surface area contributed by atoms with E-state index >= 15 is 0 Å². The normalized spacial score (nSPS) is 20.4. The van der Waals surface area contributed by atoms with Crippen LogP contribution in [0.3, 0.4) is 0 Å². The Morgan fingerprint density at radius 2 is 1.24 bits per heavy atom. The van der Waals surface area contributed by atoms with Gasteiger partial charge in [0, 0.05) is 20.8 Å². The fourth-order valence-electron chi connectivity index (χ4n) is 4.76. The molecule has 1 aliphatic heterocycles. The van der Waals surface area contributed by atoms with E-state index in [1.807, 2.05) is 12.1 Å². The van der Waals surface area contributed by atoms with Crippen molar-refractivity contribution >= 4 is 37.3 Å². The lowest BCUT2D eigenvalue weighted by Crippen LogP contribution is -2.62. The van der Waals surface area contributed by atoms with E-state index in [1.54, 1.807) is 0 Å². The summed E-state index contributed by atoms with van der Waals surface area (Å²) >= 11 is 0. The third-order valence-corrected chi connectivity index (χ3v) is 7.86. The van der Waals surface area contributed by atoms with Crippen LogP contribution in [-0.4, -0.2) is 108 Å². The number of carbonyl (C=O) groups is 3. The maximum Gasteiger partial charge on any atom is 0.335 e. The summed E-state index contributed by atoms with van der Waals surface area (Å²) in [6, 6.07) is 14.4. The van der Waals surface area contributed by atoms with Crippen LogP contribution >= 0.6 is 8.60 Å². The summed E-state index contributed by atoms with van der Waals surface area (Å²) in [5.41, 5.74) is 1.10. The molecule has 1 saturated heterocycles. The van der Waals surface area contributed by atoms with E-state index in [-0.39, 0.29) is 33.0 Å². The predicted octanol–water partition coefficient (Wildman–Crippen LogP) is 4.57. The van der Waals surface area contributed by atoms with Crippen LogP contribution in [0, 0.1) is 0 Å². The van der Waals surface area contributed by atoms with Crippen molar-refractivity contribution in [3.8, 4) is 0 Å². The van der Waals surface area contributed by atoms with Gasteiger partial charge in [0.15, 0.2) is 18.3 Å². The number of rotatable bonds is 24. The molecule has 50 heavy (non-hydrogen) atoms. The van der Waals surface area contributed by atoms with E-state index in [9.17, 15) is 14.4 Å². The van der Waals surface area contributed by atoms with Gasteiger partial charge in [-0.25, -0.2) is 0 Å². The average Bonchev–Trinajstić information content (AvgIpc) is 3.08. The molecule has 2 aromatic rings. The van der Waals surface area contributed by atoms with Crippen LogP contribution in [0.4, 0.5) is 0 Å². The molecular formula is C35H47O14P. The zero-order valence-electron chi connectivity index (χ0n) is 28.7. The van der Waals surface area contributed by atoms with Crippen LogP contribution in [-0.2, 0) is 72.5 Å². The van der Waals surface area contributed by atoms with Crippen molar-refractivity contribution in [3.05, 3.63) is 73.3 Å². The highest BCUT2D eigenvalue weighted by atomic mass is 31.2. The molecule has 0 aliphatic carbocycles. The molecule has 3 rings (SSSR count). The second-order valence-electron chi connectivity index (χ2n) is 10.8. The molecule has 0 unspecified atom stereocenters. The number of benzene rings is 2. The summed E-state index contributed by atoms with van der Waals surface area (Å²) in [5.74, 6) is -2.13. The van der Waals surface area contributed by atoms with Crippen molar-refractivity contribution in [2.24, 2.45) is 0 Å². The van der Waals surface area contributed by atoms with Gasteiger partial charge in [0.2, 0.25) is 6.29 Å². The first-order valence-corrected chi connectivity index (χ1v) is 17.2. The highest BCUT2D eigenvalue weighted by Crippen LogP contribution is 2.44. The van der Waals surface area contributed by atoms with Crippen LogP contribution < -0.4 is 0 Å². The van der Waals surface area contributed by atoms with E-state index in [2.05, 4.69) is 43.5 Å². The van der Waals surface area contributed by atoms with Crippen LogP contribution in [0.1, 0.15) is 26.3 Å². The molecule has 5 atom stereocenters. The van der Waals surface area contributed by atoms with E-state index in [1.165, 1.54) is 36.8 Å². The van der Waals surface area contributed by atoms with Crippen LogP contribution in [0.2, 0.25) is 0 Å². The maximum absolute atomic E-state index is 12.1. The van der Waals surface area contributed by atoms with Gasteiger partial charge >= 0.3 is 26.5 Å². The van der Waals surface area contributed by atoms with Gasteiger partial charge in [-0.3, -0.25) is 18.9 Å². The van der Waals surface area contributed by atoms with Crippen molar-refractivity contribution < 1.29 is 65.8 Å². The van der Waals surface area contributed by atoms with E-state index in [4.69, 9.17) is 51.5 Å². The molecular weight excluding hydrogens is 675 g/mol. The van der Waals surface area contributed by atoms with Gasteiger partial charge in [0.25, 0.3) is 0 Å². The number of ether oxygens (including phenoxy) is 8. The molecule has 0 N–H and O–H groups in total. The lowest BCUT2D eigenvalue weighted by Gasteiger charge is -2.44. The van der Waals surface area contributed by atoms with E-state index in [0.717, 1.165) is 12.5 Å². The Morgan fingerprint density at radius 3 is 1.84 bits per heavy atom. The second-order valence-corrected chi connectivity index (χ2v) is 12.0. The minimum Gasteiger partial charge on any atom is -0.456 e. The van der Waals surface area contributed by atoms with Crippen LogP contribution in [0.25, 0.3) is 10.8 Å². The molecule has 276 valence electrons. The highest BCUT2D eigenvalue weighted by molar-refractivity contribution is 7.41. The first-order chi connectivity index (χ1) is 24.2. The molecule has 0 spiro atoms. The Balaban J connectivity index is 1.47. The summed E-state index contributed by atoms with van der Waals surface area (Å²) in [5, 5.41) is 2.36. The van der Waals surface area contributed by atoms with Gasteiger partial charge in [-0.2, -0.15) is 0 Å². The number of fused-ring (bicyclic) bond motifs is 1. The van der Waals surface area contributed by atoms with Gasteiger partial charge in [0.1, 0.15) is 6.10 Å². The number of hydrogen-bond acceptors (Lipinski definition) is 14. The molecule has 0 aromatic heterocycles. The molecule has 14 nitrogen and oxygen atoms in total. The SMILES string of the molecule is C=CCOP(OCC=C)O[C@@H]1O[C@H](COCCOCCOCCOCc2ccc3ccccc3c2)[C@H](OC(C)=O)[C@H](OC(C)=O)[C@H]1OC(C)=O. The molecule has 0 bridgehead atoms. The van der Waals surface area contributed by atoms with Gasteiger partial charge in [-0.05, 0) is 22.4 Å². The Labute approximate surface area is 293 Å². The van der Waals surface area contributed by atoms with Gasteiger partial charge in [0.05, 0.1) is 66.1 Å². The van der Waals surface area contributed by atoms with Gasteiger partial charge in [-0.1, -0.05) is 48.6 Å². The number of esters is 3. The quantitative estimate of drug-likeness (QED) is 0.0489. The molecule has 0 amide bonds. The second kappa shape index (κ2) is 23.2. The standard InChI is InChI=1S/C35H47O14P/c1-6-14-43-50(44-15-7-2)49-35-34(47-27(5)38)33(46-26(4)37)32(45-25(3)36)31(48-35)24-42-21-19-40-17-16-39-18-20-41-23-28-12-13-29-10-8-9-11-30(29)22-28/h6-13,22,31-35H,1-2,14-21,23-24H2,3-5H3/t31-,32+,33+,34-,35+/m1/s1. The first-order valence-electron chi connectivity index (χ1n) is 16.1. The molecule has 1 aliphatic rings. The Kier molecular flexibility index (Phi) is 19.1. The molecule has 1 heterocycles. The summed E-state index contributed by atoms with van der Waals surface area (Å²) in [4.78, 5) is 36.3. The molecule has 0 saturated carbocycles. The summed E-state index contributed by atoms with van der Waals surface area (Å²) < 4.78 is 62.3. The minimum absolute atomic E-state index is 0.0781. The fourth-order valence-corrected chi connectivity index (χ4v) is 5.75. The van der Waals surface area contributed by atoms with Crippen LogP contribution in [0.5, 0.6) is 0 Å². The number of hydrogen-bond donors (Lipinski definition) is 0. The third-order valence-electron chi connectivity index (χ3n) is 6.76. The number of carbonyl (C=O) groups excluding carboxylic acids is 3. The largest absolute Gasteiger partial charge is 0.456 e. The van der Waals surface area contributed by atoms with Crippen molar-refractivity contribution in [3.63, 3.8) is 0 Å². The highest BCUT2D eigenvalue weighted by Gasteiger charge is 2.53. The molecule has 2 aromatic carbocycles. The minimum atomic E-state index is -2.07. The molecule has 0 radical (unpaired) electrons. The van der Waals surface area contributed by atoms with Gasteiger partial charge in [-0.15, -0.1) is 13.2 Å².